The predicted octanol–water partition coefficient (Wildman–Crippen LogP) is 2.05. The lowest BCUT2D eigenvalue weighted by Crippen LogP contribution is -2.37. The molecule has 118 valence electrons. The maximum atomic E-state index is 5.33. The molecule has 3 heterocycles. The molecule has 6 nitrogen and oxygen atoms in total. The van der Waals surface area contributed by atoms with Crippen LogP contribution in [0.1, 0.15) is 11.1 Å². The Hall–Kier alpha value is -1.92. The Labute approximate surface area is 136 Å². The summed E-state index contributed by atoms with van der Waals surface area (Å²) >= 11 is 0. The van der Waals surface area contributed by atoms with Gasteiger partial charge in [0.25, 0.3) is 0 Å². The van der Waals surface area contributed by atoms with E-state index in [0.717, 1.165) is 49.2 Å². The average Bonchev–Trinajstić information content (AvgIpc) is 2.56. The minimum absolute atomic E-state index is 0. The van der Waals surface area contributed by atoms with E-state index in [1.807, 2.05) is 37.6 Å². The van der Waals surface area contributed by atoms with E-state index in [4.69, 9.17) is 4.74 Å². The molecule has 0 unspecified atom stereocenters. The molecule has 7 heteroatoms. The van der Waals surface area contributed by atoms with E-state index < -0.39 is 0 Å². The van der Waals surface area contributed by atoms with Gasteiger partial charge in [-0.3, -0.25) is 0 Å². The molecule has 1 saturated heterocycles. The summed E-state index contributed by atoms with van der Waals surface area (Å²) in [6.45, 7) is 5.88. The van der Waals surface area contributed by atoms with Crippen molar-refractivity contribution in [3.8, 4) is 0 Å². The second-order valence-corrected chi connectivity index (χ2v) is 5.07. The second-order valence-electron chi connectivity index (χ2n) is 5.07. The number of aryl methyl sites for hydroxylation is 1. The van der Waals surface area contributed by atoms with Crippen LogP contribution in [0.4, 0.5) is 11.8 Å². The van der Waals surface area contributed by atoms with Crippen LogP contribution in [-0.2, 0) is 11.3 Å². The Morgan fingerprint density at radius 2 is 1.82 bits per heavy atom. The van der Waals surface area contributed by atoms with E-state index in [0.29, 0.717) is 6.54 Å². The van der Waals surface area contributed by atoms with E-state index in [-0.39, 0.29) is 12.4 Å². The van der Waals surface area contributed by atoms with Crippen LogP contribution in [0.2, 0.25) is 0 Å². The molecule has 0 aromatic carbocycles. The molecule has 0 spiro atoms. The fraction of sp³-hybridized carbons (Fsp3) is 0.400. The highest BCUT2D eigenvalue weighted by Gasteiger charge is 2.13. The van der Waals surface area contributed by atoms with Crippen LogP contribution in [-0.4, -0.2) is 41.3 Å². The lowest BCUT2D eigenvalue weighted by atomic mass is 10.3. The summed E-state index contributed by atoms with van der Waals surface area (Å²) in [5.41, 5.74) is 2.19. The maximum absolute atomic E-state index is 5.33. The minimum Gasteiger partial charge on any atom is -0.378 e. The number of hydrogen-bond acceptors (Lipinski definition) is 6. The van der Waals surface area contributed by atoms with Gasteiger partial charge in [-0.2, -0.15) is 0 Å². The molecule has 0 bridgehead atoms. The lowest BCUT2D eigenvalue weighted by molar-refractivity contribution is 0.122. The molecule has 22 heavy (non-hydrogen) atoms. The van der Waals surface area contributed by atoms with Gasteiger partial charge in [-0.1, -0.05) is 6.07 Å². The number of rotatable bonds is 4. The van der Waals surface area contributed by atoms with E-state index in [1.165, 1.54) is 0 Å². The predicted molar refractivity (Wildman–Crippen MR) is 88.6 cm³/mol. The SMILES string of the molecule is Cc1ccc(NCc2cnc(N3CCOCC3)nc2)nc1.Cl. The number of nitrogens with one attached hydrogen (secondary N) is 1. The van der Waals surface area contributed by atoms with Crippen LogP contribution in [0.25, 0.3) is 0 Å². The number of nitrogens with zero attached hydrogens (tertiary/aromatic N) is 4. The van der Waals surface area contributed by atoms with Crippen LogP contribution in [0.15, 0.2) is 30.7 Å². The van der Waals surface area contributed by atoms with Gasteiger partial charge in [0.1, 0.15) is 5.82 Å². The van der Waals surface area contributed by atoms with Gasteiger partial charge < -0.3 is 15.0 Å². The number of hydrogen-bond donors (Lipinski definition) is 1. The van der Waals surface area contributed by atoms with E-state index in [2.05, 4.69) is 25.2 Å². The maximum Gasteiger partial charge on any atom is 0.225 e. The summed E-state index contributed by atoms with van der Waals surface area (Å²) in [5, 5.41) is 3.26. The first-order chi connectivity index (χ1) is 10.3. The summed E-state index contributed by atoms with van der Waals surface area (Å²) in [5.74, 6) is 1.63. The van der Waals surface area contributed by atoms with Crippen LogP contribution in [0, 0.1) is 6.92 Å². The van der Waals surface area contributed by atoms with Gasteiger partial charge >= 0.3 is 0 Å². The Morgan fingerprint density at radius 1 is 1.09 bits per heavy atom. The molecular formula is C15H20ClN5O. The van der Waals surface area contributed by atoms with Crippen LogP contribution >= 0.6 is 12.4 Å². The van der Waals surface area contributed by atoms with Gasteiger partial charge in [0.15, 0.2) is 0 Å². The highest BCUT2D eigenvalue weighted by atomic mass is 35.5. The summed E-state index contributed by atoms with van der Waals surface area (Å²) in [7, 11) is 0. The fourth-order valence-corrected chi connectivity index (χ4v) is 2.13. The Bertz CT molecular complexity index is 569. The third-order valence-electron chi connectivity index (χ3n) is 3.37. The number of aromatic nitrogens is 3. The zero-order valence-electron chi connectivity index (χ0n) is 12.5. The van der Waals surface area contributed by atoms with Gasteiger partial charge in [0, 0.05) is 43.8 Å². The van der Waals surface area contributed by atoms with E-state index in [9.17, 15) is 0 Å². The third-order valence-corrected chi connectivity index (χ3v) is 3.37. The van der Waals surface area contributed by atoms with Crippen LogP contribution in [0.5, 0.6) is 0 Å². The van der Waals surface area contributed by atoms with Gasteiger partial charge in [-0.05, 0) is 18.6 Å². The van der Waals surface area contributed by atoms with Crippen molar-refractivity contribution in [1.29, 1.82) is 0 Å². The summed E-state index contributed by atoms with van der Waals surface area (Å²) in [6, 6.07) is 4.01. The Balaban J connectivity index is 0.00000176. The minimum atomic E-state index is 0. The Kier molecular flexibility index (Phi) is 5.91. The van der Waals surface area contributed by atoms with Crippen molar-refractivity contribution < 1.29 is 4.74 Å². The molecule has 1 N–H and O–H groups in total. The zero-order valence-corrected chi connectivity index (χ0v) is 13.3. The number of ether oxygens (including phenoxy) is 1. The van der Waals surface area contributed by atoms with Gasteiger partial charge in [-0.15, -0.1) is 12.4 Å². The van der Waals surface area contributed by atoms with Crippen LogP contribution < -0.4 is 10.2 Å². The van der Waals surface area contributed by atoms with Crippen molar-refractivity contribution >= 4 is 24.2 Å². The molecule has 0 saturated carbocycles. The normalized spacial score (nSPS) is 14.3. The molecule has 2 aromatic heterocycles. The first-order valence-electron chi connectivity index (χ1n) is 7.11. The van der Waals surface area contributed by atoms with Crippen molar-refractivity contribution in [3.63, 3.8) is 0 Å². The lowest BCUT2D eigenvalue weighted by Gasteiger charge is -2.26. The monoisotopic (exact) mass is 321 g/mol. The molecule has 1 aliphatic rings. The highest BCUT2D eigenvalue weighted by molar-refractivity contribution is 5.85. The van der Waals surface area contributed by atoms with Gasteiger partial charge in [0.2, 0.25) is 5.95 Å². The van der Waals surface area contributed by atoms with Crippen molar-refractivity contribution in [1.82, 2.24) is 15.0 Å². The zero-order chi connectivity index (χ0) is 14.5. The number of halogens is 1. The standard InChI is InChI=1S/C15H19N5O.ClH/c1-12-2-3-14(16-8-12)17-9-13-10-18-15(19-11-13)20-4-6-21-7-5-20;/h2-3,8,10-11H,4-7,9H2,1H3,(H,16,17);1H. The summed E-state index contributed by atoms with van der Waals surface area (Å²) in [6.07, 6.45) is 5.57. The van der Waals surface area contributed by atoms with Crippen molar-refractivity contribution in [2.24, 2.45) is 0 Å². The number of morpholine rings is 1. The molecular weight excluding hydrogens is 302 g/mol. The molecule has 0 radical (unpaired) electrons. The summed E-state index contributed by atoms with van der Waals surface area (Å²) < 4.78 is 5.33. The molecule has 1 fully saturated rings. The largest absolute Gasteiger partial charge is 0.378 e. The number of anilines is 2. The molecule has 2 aromatic rings. The van der Waals surface area contributed by atoms with Gasteiger partial charge in [0.05, 0.1) is 13.2 Å². The first kappa shape index (κ1) is 16.5. The molecule has 0 aliphatic carbocycles. The Morgan fingerprint density at radius 3 is 2.45 bits per heavy atom. The summed E-state index contributed by atoms with van der Waals surface area (Å²) in [4.78, 5) is 15.3. The van der Waals surface area contributed by atoms with E-state index in [1.54, 1.807) is 0 Å². The van der Waals surface area contributed by atoms with E-state index >= 15 is 0 Å². The van der Waals surface area contributed by atoms with Crippen molar-refractivity contribution in [2.75, 3.05) is 36.5 Å². The first-order valence-corrected chi connectivity index (χ1v) is 7.11. The third kappa shape index (κ3) is 4.29. The van der Waals surface area contributed by atoms with Crippen molar-refractivity contribution in [3.05, 3.63) is 41.9 Å². The van der Waals surface area contributed by atoms with Gasteiger partial charge in [-0.25, -0.2) is 15.0 Å². The average molecular weight is 322 g/mol. The quantitative estimate of drug-likeness (QED) is 0.930. The number of pyridine rings is 1. The smallest absolute Gasteiger partial charge is 0.225 e. The van der Waals surface area contributed by atoms with Crippen LogP contribution in [0.3, 0.4) is 0 Å². The molecule has 3 rings (SSSR count). The molecule has 0 amide bonds. The topological polar surface area (TPSA) is 63.2 Å². The van der Waals surface area contributed by atoms with Crippen molar-refractivity contribution in [2.45, 2.75) is 13.5 Å². The molecule has 0 atom stereocenters. The second kappa shape index (κ2) is 7.91. The highest BCUT2D eigenvalue weighted by Crippen LogP contribution is 2.10. The molecule has 1 aliphatic heterocycles. The fourth-order valence-electron chi connectivity index (χ4n) is 2.13.